The first kappa shape index (κ1) is 13.2. The van der Waals surface area contributed by atoms with Gasteiger partial charge in [0.15, 0.2) is 0 Å². The predicted molar refractivity (Wildman–Crippen MR) is 78.9 cm³/mol. The minimum atomic E-state index is -0.224. The molecule has 0 aliphatic heterocycles. The van der Waals surface area contributed by atoms with Crippen molar-refractivity contribution in [2.24, 2.45) is 5.84 Å². The molecule has 20 heavy (non-hydrogen) atoms. The maximum atomic E-state index is 13.3. The van der Waals surface area contributed by atoms with Gasteiger partial charge in [-0.05, 0) is 42.6 Å². The van der Waals surface area contributed by atoms with Gasteiger partial charge in [-0.2, -0.15) is 5.10 Å². The maximum Gasteiger partial charge on any atom is 0.123 e. The van der Waals surface area contributed by atoms with Crippen LogP contribution in [0.15, 0.2) is 36.5 Å². The van der Waals surface area contributed by atoms with E-state index < -0.39 is 0 Å². The van der Waals surface area contributed by atoms with E-state index in [-0.39, 0.29) is 11.9 Å². The Morgan fingerprint density at radius 3 is 3.00 bits per heavy atom. The Labute approximate surface area is 120 Å². The molecule has 4 nitrogen and oxygen atoms in total. The van der Waals surface area contributed by atoms with Crippen molar-refractivity contribution >= 4 is 21.4 Å². The Balaban J connectivity index is 2.07. The lowest BCUT2D eigenvalue weighted by Crippen LogP contribution is -2.30. The average molecular weight is 290 g/mol. The van der Waals surface area contributed by atoms with Crippen molar-refractivity contribution in [3.8, 4) is 0 Å². The first-order valence-corrected chi connectivity index (χ1v) is 7.21. The Kier molecular flexibility index (Phi) is 3.52. The molecule has 3 rings (SSSR count). The number of hydrazine groups is 1. The van der Waals surface area contributed by atoms with Gasteiger partial charge >= 0.3 is 0 Å². The highest BCUT2D eigenvalue weighted by Gasteiger charge is 2.19. The minimum absolute atomic E-state index is 0.141. The monoisotopic (exact) mass is 290 g/mol. The molecule has 0 aliphatic rings. The number of hydrogen-bond acceptors (Lipinski definition) is 4. The highest BCUT2D eigenvalue weighted by atomic mass is 32.1. The summed E-state index contributed by atoms with van der Waals surface area (Å²) >= 11 is 1.61. The van der Waals surface area contributed by atoms with E-state index in [1.807, 2.05) is 23.7 Å². The van der Waals surface area contributed by atoms with E-state index >= 15 is 0 Å². The molecule has 0 saturated carbocycles. The van der Waals surface area contributed by atoms with Crippen molar-refractivity contribution < 1.29 is 4.39 Å². The van der Waals surface area contributed by atoms with Crippen LogP contribution in [0, 0.1) is 5.82 Å². The number of aryl methyl sites for hydroxylation is 1. The van der Waals surface area contributed by atoms with Gasteiger partial charge in [-0.25, -0.2) is 9.82 Å². The van der Waals surface area contributed by atoms with Gasteiger partial charge in [0.2, 0.25) is 0 Å². The lowest BCUT2D eigenvalue weighted by atomic mass is 10.1. The van der Waals surface area contributed by atoms with Crippen molar-refractivity contribution in [3.63, 3.8) is 0 Å². The number of benzene rings is 1. The highest BCUT2D eigenvalue weighted by molar-refractivity contribution is 7.19. The van der Waals surface area contributed by atoms with E-state index in [4.69, 9.17) is 5.84 Å². The molecule has 0 saturated heterocycles. The van der Waals surface area contributed by atoms with Crippen LogP contribution < -0.4 is 11.3 Å². The van der Waals surface area contributed by atoms with E-state index in [9.17, 15) is 4.39 Å². The highest BCUT2D eigenvalue weighted by Crippen LogP contribution is 2.33. The molecule has 6 heteroatoms. The average Bonchev–Trinajstić information content (AvgIpc) is 3.05. The van der Waals surface area contributed by atoms with Gasteiger partial charge in [-0.1, -0.05) is 0 Å². The molecule has 1 aromatic carbocycles. The van der Waals surface area contributed by atoms with E-state index in [0.717, 1.165) is 27.2 Å². The maximum absolute atomic E-state index is 13.3. The normalized spacial score (nSPS) is 12.9. The summed E-state index contributed by atoms with van der Waals surface area (Å²) in [6, 6.07) is 8.59. The third-order valence-electron chi connectivity index (χ3n) is 3.29. The molecule has 2 heterocycles. The van der Waals surface area contributed by atoms with Crippen LogP contribution in [0.4, 0.5) is 4.39 Å². The second-order valence-electron chi connectivity index (χ2n) is 4.50. The SMILES string of the molecule is CCn1nccc1C(NN)c1cc2cc(F)ccc2s1. The Hall–Kier alpha value is -1.76. The summed E-state index contributed by atoms with van der Waals surface area (Å²) < 4.78 is 16.2. The topological polar surface area (TPSA) is 55.9 Å². The van der Waals surface area contributed by atoms with E-state index in [0.29, 0.717) is 0 Å². The summed E-state index contributed by atoms with van der Waals surface area (Å²) in [5.41, 5.74) is 3.83. The molecule has 0 amide bonds. The molecule has 3 N–H and O–H groups in total. The Morgan fingerprint density at radius 2 is 2.25 bits per heavy atom. The minimum Gasteiger partial charge on any atom is -0.270 e. The number of nitrogens with one attached hydrogen (secondary N) is 1. The predicted octanol–water partition coefficient (Wildman–Crippen LogP) is 2.81. The molecule has 0 aliphatic carbocycles. The van der Waals surface area contributed by atoms with Crippen LogP contribution in [0.2, 0.25) is 0 Å². The summed E-state index contributed by atoms with van der Waals surface area (Å²) in [6.45, 7) is 2.81. The molecule has 1 unspecified atom stereocenters. The van der Waals surface area contributed by atoms with Crippen LogP contribution in [-0.4, -0.2) is 9.78 Å². The van der Waals surface area contributed by atoms with Gasteiger partial charge in [0.05, 0.1) is 11.7 Å². The van der Waals surface area contributed by atoms with Crippen LogP contribution in [0.1, 0.15) is 23.5 Å². The summed E-state index contributed by atoms with van der Waals surface area (Å²) in [5.74, 6) is 5.49. The number of fused-ring (bicyclic) bond motifs is 1. The molecule has 0 spiro atoms. The van der Waals surface area contributed by atoms with E-state index in [2.05, 4.69) is 10.5 Å². The van der Waals surface area contributed by atoms with Crippen molar-refractivity contribution in [3.05, 3.63) is 52.9 Å². The number of halogens is 1. The van der Waals surface area contributed by atoms with Crippen molar-refractivity contribution in [2.75, 3.05) is 0 Å². The first-order chi connectivity index (χ1) is 9.72. The van der Waals surface area contributed by atoms with Gasteiger partial charge in [-0.3, -0.25) is 10.5 Å². The molecule has 0 fully saturated rings. The molecule has 2 aromatic heterocycles. The summed E-state index contributed by atoms with van der Waals surface area (Å²) in [7, 11) is 0. The zero-order chi connectivity index (χ0) is 14.1. The van der Waals surface area contributed by atoms with Crippen molar-refractivity contribution in [1.82, 2.24) is 15.2 Å². The largest absolute Gasteiger partial charge is 0.270 e. The van der Waals surface area contributed by atoms with Gasteiger partial charge in [0.25, 0.3) is 0 Å². The number of nitrogens with zero attached hydrogens (tertiary/aromatic N) is 2. The summed E-state index contributed by atoms with van der Waals surface area (Å²) in [6.07, 6.45) is 1.76. The number of nitrogens with two attached hydrogens (primary N) is 1. The molecule has 3 aromatic rings. The van der Waals surface area contributed by atoms with E-state index in [1.54, 1.807) is 29.7 Å². The van der Waals surface area contributed by atoms with Gasteiger partial charge < -0.3 is 0 Å². The summed E-state index contributed by atoms with van der Waals surface area (Å²) in [5, 5.41) is 5.16. The number of aromatic nitrogens is 2. The fourth-order valence-corrected chi connectivity index (χ4v) is 3.46. The fraction of sp³-hybridized carbons (Fsp3) is 0.214. The zero-order valence-electron chi connectivity index (χ0n) is 11.0. The molecule has 0 bridgehead atoms. The van der Waals surface area contributed by atoms with Crippen molar-refractivity contribution in [1.29, 1.82) is 0 Å². The summed E-state index contributed by atoms with van der Waals surface area (Å²) in [4.78, 5) is 1.04. The van der Waals surface area contributed by atoms with Crippen LogP contribution >= 0.6 is 11.3 Å². The standard InChI is InChI=1S/C14H15FN4S/c1-2-19-11(5-6-17-19)14(18-16)13-8-9-7-10(15)3-4-12(9)20-13/h3-8,14,18H,2,16H2,1H3. The Morgan fingerprint density at radius 1 is 1.40 bits per heavy atom. The van der Waals surface area contributed by atoms with Crippen LogP contribution in [-0.2, 0) is 6.54 Å². The number of thiophene rings is 1. The molecular weight excluding hydrogens is 275 g/mol. The second-order valence-corrected chi connectivity index (χ2v) is 5.62. The second kappa shape index (κ2) is 5.32. The zero-order valence-corrected chi connectivity index (χ0v) is 11.8. The van der Waals surface area contributed by atoms with Gasteiger partial charge in [0.1, 0.15) is 5.82 Å². The molecule has 104 valence electrons. The van der Waals surface area contributed by atoms with Crippen LogP contribution in [0.3, 0.4) is 0 Å². The van der Waals surface area contributed by atoms with E-state index in [1.165, 1.54) is 6.07 Å². The first-order valence-electron chi connectivity index (χ1n) is 6.39. The quantitative estimate of drug-likeness (QED) is 0.574. The van der Waals surface area contributed by atoms with Gasteiger partial charge in [-0.15, -0.1) is 11.3 Å². The molecule has 0 radical (unpaired) electrons. The third kappa shape index (κ3) is 2.22. The third-order valence-corrected chi connectivity index (χ3v) is 4.47. The van der Waals surface area contributed by atoms with Crippen LogP contribution in [0.25, 0.3) is 10.1 Å². The Bertz CT molecular complexity index is 734. The lowest BCUT2D eigenvalue weighted by Gasteiger charge is -2.15. The van der Waals surface area contributed by atoms with Crippen LogP contribution in [0.5, 0.6) is 0 Å². The molecule has 1 atom stereocenters. The number of hydrogen-bond donors (Lipinski definition) is 2. The van der Waals surface area contributed by atoms with Crippen molar-refractivity contribution in [2.45, 2.75) is 19.5 Å². The lowest BCUT2D eigenvalue weighted by molar-refractivity contribution is 0.548. The van der Waals surface area contributed by atoms with Gasteiger partial charge in [0, 0.05) is 22.3 Å². The number of rotatable bonds is 4. The smallest absolute Gasteiger partial charge is 0.123 e. The molecular formula is C14H15FN4S. The fourth-order valence-electron chi connectivity index (χ4n) is 2.34.